The molecule has 1 aromatic heterocycles. The van der Waals surface area contributed by atoms with Gasteiger partial charge < -0.3 is 15.8 Å². The van der Waals surface area contributed by atoms with Crippen molar-refractivity contribution in [2.75, 3.05) is 12.3 Å². The summed E-state index contributed by atoms with van der Waals surface area (Å²) in [5, 5.41) is 1.75. The summed E-state index contributed by atoms with van der Waals surface area (Å²) in [5.41, 5.74) is 7.29. The van der Waals surface area contributed by atoms with Crippen molar-refractivity contribution in [3.8, 4) is 0 Å². The van der Waals surface area contributed by atoms with Crippen molar-refractivity contribution in [1.29, 1.82) is 0 Å². The molecule has 0 saturated heterocycles. The van der Waals surface area contributed by atoms with Gasteiger partial charge in [-0.05, 0) is 19.4 Å². The number of anilines is 1. The molecule has 3 N–H and O–H groups in total. The van der Waals surface area contributed by atoms with E-state index in [-0.39, 0.29) is 24.8 Å². The van der Waals surface area contributed by atoms with Crippen molar-refractivity contribution in [1.82, 2.24) is 15.3 Å². The van der Waals surface area contributed by atoms with Gasteiger partial charge in [-0.15, -0.1) is 11.8 Å². The Balaban J connectivity index is 2.14. The van der Waals surface area contributed by atoms with Crippen LogP contribution in [0.15, 0.2) is 36.5 Å². The van der Waals surface area contributed by atoms with Crippen molar-refractivity contribution < 1.29 is 19.1 Å². The SMILES string of the molecule is CC(=O)OCCC(SC(C(=O)NCc1cnc(C)nc1N)c1ccccc1)C(C)=O. The smallest absolute Gasteiger partial charge is 0.302 e. The third-order valence-electron chi connectivity index (χ3n) is 4.25. The molecule has 1 amide bonds. The normalized spacial score (nSPS) is 12.6. The van der Waals surface area contributed by atoms with Gasteiger partial charge in [0.2, 0.25) is 5.91 Å². The second-order valence-electron chi connectivity index (χ2n) is 6.70. The average Bonchev–Trinajstić information content (AvgIpc) is 2.70. The number of nitrogens with zero attached hydrogens (tertiary/aromatic N) is 2. The Morgan fingerprint density at radius 3 is 2.50 bits per heavy atom. The zero-order valence-electron chi connectivity index (χ0n) is 17.3. The largest absolute Gasteiger partial charge is 0.466 e. The van der Waals surface area contributed by atoms with Gasteiger partial charge >= 0.3 is 5.97 Å². The zero-order chi connectivity index (χ0) is 22.1. The number of rotatable bonds is 10. The number of hydrogen-bond acceptors (Lipinski definition) is 8. The number of ketones is 1. The van der Waals surface area contributed by atoms with Crippen LogP contribution in [-0.4, -0.2) is 39.5 Å². The molecule has 1 aromatic carbocycles. The van der Waals surface area contributed by atoms with Gasteiger partial charge in [-0.3, -0.25) is 14.4 Å². The van der Waals surface area contributed by atoms with Gasteiger partial charge in [-0.2, -0.15) is 0 Å². The van der Waals surface area contributed by atoms with Crippen LogP contribution < -0.4 is 11.1 Å². The lowest BCUT2D eigenvalue weighted by molar-refractivity contribution is -0.141. The monoisotopic (exact) mass is 430 g/mol. The first-order valence-electron chi connectivity index (χ1n) is 9.48. The van der Waals surface area contributed by atoms with E-state index in [1.807, 2.05) is 30.3 Å². The molecule has 2 rings (SSSR count). The number of carbonyl (C=O) groups excluding carboxylic acids is 3. The second-order valence-corrected chi connectivity index (χ2v) is 8.01. The summed E-state index contributed by atoms with van der Waals surface area (Å²) in [6, 6.07) is 9.21. The number of Topliss-reactive ketones (excluding diaryl/α,β-unsaturated/α-hetero) is 1. The topological polar surface area (TPSA) is 124 Å². The molecule has 160 valence electrons. The number of ether oxygens (including phenoxy) is 1. The third kappa shape index (κ3) is 7.14. The van der Waals surface area contributed by atoms with Crippen molar-refractivity contribution in [2.45, 2.75) is 44.2 Å². The van der Waals surface area contributed by atoms with Crippen LogP contribution in [0.5, 0.6) is 0 Å². The van der Waals surface area contributed by atoms with E-state index in [1.165, 1.54) is 25.6 Å². The molecule has 0 saturated carbocycles. The molecule has 30 heavy (non-hydrogen) atoms. The predicted octanol–water partition coefficient (Wildman–Crippen LogP) is 2.37. The highest BCUT2D eigenvalue weighted by Gasteiger charge is 2.27. The summed E-state index contributed by atoms with van der Waals surface area (Å²) in [4.78, 5) is 44.4. The minimum Gasteiger partial charge on any atom is -0.466 e. The maximum absolute atomic E-state index is 13.0. The van der Waals surface area contributed by atoms with Crippen LogP contribution in [0.2, 0.25) is 0 Å². The molecule has 2 aromatic rings. The fourth-order valence-corrected chi connectivity index (χ4v) is 3.96. The van der Waals surface area contributed by atoms with E-state index in [4.69, 9.17) is 10.5 Å². The van der Waals surface area contributed by atoms with Crippen LogP contribution in [0.3, 0.4) is 0 Å². The van der Waals surface area contributed by atoms with E-state index < -0.39 is 16.5 Å². The Kier molecular flexibility index (Phi) is 8.79. The summed E-state index contributed by atoms with van der Waals surface area (Å²) in [6.07, 6.45) is 1.91. The van der Waals surface area contributed by atoms with Gasteiger partial charge in [0.1, 0.15) is 22.7 Å². The molecule has 0 bridgehead atoms. The maximum atomic E-state index is 13.0. The lowest BCUT2D eigenvalue weighted by Gasteiger charge is -2.22. The fraction of sp³-hybridized carbons (Fsp3) is 0.381. The van der Waals surface area contributed by atoms with Crippen molar-refractivity contribution in [3.63, 3.8) is 0 Å². The highest BCUT2D eigenvalue weighted by molar-refractivity contribution is 8.01. The Morgan fingerprint density at radius 1 is 1.20 bits per heavy atom. The van der Waals surface area contributed by atoms with E-state index in [1.54, 1.807) is 13.1 Å². The summed E-state index contributed by atoms with van der Waals surface area (Å²) in [6.45, 7) is 4.81. The van der Waals surface area contributed by atoms with E-state index in [2.05, 4.69) is 15.3 Å². The highest BCUT2D eigenvalue weighted by atomic mass is 32.2. The van der Waals surface area contributed by atoms with Crippen LogP contribution in [0.25, 0.3) is 0 Å². The van der Waals surface area contributed by atoms with Crippen LogP contribution in [-0.2, 0) is 25.7 Å². The number of nitrogen functional groups attached to an aromatic ring is 1. The third-order valence-corrected chi connectivity index (χ3v) is 5.91. The first kappa shape index (κ1) is 23.3. The number of benzene rings is 1. The Hall–Kier alpha value is -2.94. The minimum absolute atomic E-state index is 0.0861. The molecule has 8 nitrogen and oxygen atoms in total. The summed E-state index contributed by atoms with van der Waals surface area (Å²) in [7, 11) is 0. The van der Waals surface area contributed by atoms with Gasteiger partial charge in [-0.1, -0.05) is 30.3 Å². The molecule has 0 fully saturated rings. The molecule has 2 atom stereocenters. The summed E-state index contributed by atoms with van der Waals surface area (Å²) in [5.74, 6) is 0.117. The van der Waals surface area contributed by atoms with Gasteiger partial charge in [0.25, 0.3) is 0 Å². The standard InChI is InChI=1S/C21H26N4O4S/c1-13(26)18(9-10-29-15(3)27)30-19(16-7-5-4-6-8-16)21(28)24-12-17-11-23-14(2)25-20(17)22/h4-8,11,18-19H,9-10,12H2,1-3H3,(H,24,28)(H2,22,23,25). The van der Waals surface area contributed by atoms with Crippen LogP contribution in [0, 0.1) is 6.92 Å². The number of esters is 1. The Bertz CT molecular complexity index is 892. The van der Waals surface area contributed by atoms with E-state index in [0.29, 0.717) is 23.6 Å². The second kappa shape index (κ2) is 11.3. The molecule has 0 aliphatic heterocycles. The summed E-state index contributed by atoms with van der Waals surface area (Å²) >= 11 is 1.24. The minimum atomic E-state index is -0.620. The molecule has 9 heteroatoms. The summed E-state index contributed by atoms with van der Waals surface area (Å²) < 4.78 is 4.97. The number of carbonyl (C=O) groups is 3. The molecule has 0 radical (unpaired) electrons. The number of nitrogens with one attached hydrogen (secondary N) is 1. The zero-order valence-corrected chi connectivity index (χ0v) is 18.1. The fourth-order valence-electron chi connectivity index (χ4n) is 2.68. The molecule has 1 heterocycles. The number of aryl methyl sites for hydroxylation is 1. The molecule has 0 spiro atoms. The highest BCUT2D eigenvalue weighted by Crippen LogP contribution is 2.34. The Labute approximate surface area is 180 Å². The van der Waals surface area contributed by atoms with Crippen LogP contribution in [0.4, 0.5) is 5.82 Å². The maximum Gasteiger partial charge on any atom is 0.302 e. The first-order chi connectivity index (χ1) is 14.3. The number of aromatic nitrogens is 2. The predicted molar refractivity (Wildman–Crippen MR) is 116 cm³/mol. The van der Waals surface area contributed by atoms with E-state index in [0.717, 1.165) is 5.56 Å². The lowest BCUT2D eigenvalue weighted by atomic mass is 10.1. The van der Waals surface area contributed by atoms with Gasteiger partial charge in [0.15, 0.2) is 0 Å². The number of nitrogens with two attached hydrogens (primary N) is 1. The first-order valence-corrected chi connectivity index (χ1v) is 10.4. The quantitative estimate of drug-likeness (QED) is 0.551. The molecular weight excluding hydrogens is 404 g/mol. The average molecular weight is 431 g/mol. The lowest BCUT2D eigenvalue weighted by Crippen LogP contribution is -2.30. The van der Waals surface area contributed by atoms with Gasteiger partial charge in [-0.25, -0.2) is 9.97 Å². The number of amides is 1. The van der Waals surface area contributed by atoms with Crippen LogP contribution in [0.1, 0.15) is 42.5 Å². The molecular formula is C21H26N4O4S. The molecule has 2 unspecified atom stereocenters. The van der Waals surface area contributed by atoms with Crippen molar-refractivity contribution in [2.24, 2.45) is 0 Å². The van der Waals surface area contributed by atoms with Crippen molar-refractivity contribution in [3.05, 3.63) is 53.5 Å². The van der Waals surface area contributed by atoms with Crippen LogP contribution >= 0.6 is 11.8 Å². The number of hydrogen-bond donors (Lipinski definition) is 2. The number of thioether (sulfide) groups is 1. The molecule has 0 aliphatic carbocycles. The van der Waals surface area contributed by atoms with E-state index >= 15 is 0 Å². The van der Waals surface area contributed by atoms with Gasteiger partial charge in [0.05, 0.1) is 11.9 Å². The van der Waals surface area contributed by atoms with Crippen molar-refractivity contribution >= 4 is 35.2 Å². The van der Waals surface area contributed by atoms with Gasteiger partial charge in [0, 0.05) is 31.6 Å². The molecule has 0 aliphatic rings. The van der Waals surface area contributed by atoms with E-state index in [9.17, 15) is 14.4 Å². The Morgan fingerprint density at radius 2 is 1.90 bits per heavy atom.